The van der Waals surface area contributed by atoms with Gasteiger partial charge in [-0.15, -0.1) is 0 Å². The molecule has 0 aromatic heterocycles. The number of likely N-dealkylation sites (N-methyl/N-ethyl adjacent to an activating group) is 1. The first-order chi connectivity index (χ1) is 8.58. The summed E-state index contributed by atoms with van der Waals surface area (Å²) in [6, 6.07) is 8.75. The van der Waals surface area contributed by atoms with Crippen molar-refractivity contribution in [1.29, 1.82) is 0 Å². The third-order valence-electron chi connectivity index (χ3n) is 3.35. The molecule has 1 N–H and O–H groups in total. The number of carbonyl (C=O) groups excluding carboxylic acids is 1. The third kappa shape index (κ3) is 4.15. The SMILES string of the molecule is CCc1ccc(C(C)NCC(=O)N(C)CC)cc1. The van der Waals surface area contributed by atoms with Gasteiger partial charge >= 0.3 is 0 Å². The maximum Gasteiger partial charge on any atom is 0.236 e. The number of hydrogen-bond acceptors (Lipinski definition) is 2. The molecule has 1 aromatic carbocycles. The lowest BCUT2D eigenvalue weighted by atomic mass is 10.1. The maximum absolute atomic E-state index is 11.7. The summed E-state index contributed by atoms with van der Waals surface area (Å²) in [6.07, 6.45) is 1.06. The van der Waals surface area contributed by atoms with E-state index in [0.717, 1.165) is 13.0 Å². The molecule has 0 aliphatic carbocycles. The first-order valence-electron chi connectivity index (χ1n) is 6.64. The minimum Gasteiger partial charge on any atom is -0.345 e. The van der Waals surface area contributed by atoms with Crippen molar-refractivity contribution in [2.75, 3.05) is 20.1 Å². The molecule has 0 saturated carbocycles. The summed E-state index contributed by atoms with van der Waals surface area (Å²) in [5.74, 6) is 0.134. The Morgan fingerprint density at radius 2 is 1.89 bits per heavy atom. The van der Waals surface area contributed by atoms with Crippen molar-refractivity contribution in [2.24, 2.45) is 0 Å². The van der Waals surface area contributed by atoms with Crippen molar-refractivity contribution in [1.82, 2.24) is 10.2 Å². The van der Waals surface area contributed by atoms with E-state index in [2.05, 4.69) is 43.4 Å². The Labute approximate surface area is 110 Å². The van der Waals surface area contributed by atoms with E-state index >= 15 is 0 Å². The molecular weight excluding hydrogens is 224 g/mol. The highest BCUT2D eigenvalue weighted by Crippen LogP contribution is 2.13. The van der Waals surface area contributed by atoms with Crippen molar-refractivity contribution in [3.8, 4) is 0 Å². The number of nitrogens with one attached hydrogen (secondary N) is 1. The summed E-state index contributed by atoms with van der Waals surface area (Å²) in [6.45, 7) is 7.35. The summed E-state index contributed by atoms with van der Waals surface area (Å²) in [7, 11) is 1.82. The van der Waals surface area contributed by atoms with Gasteiger partial charge in [0.15, 0.2) is 0 Å². The van der Waals surface area contributed by atoms with Gasteiger partial charge in [0.05, 0.1) is 6.54 Å². The first-order valence-corrected chi connectivity index (χ1v) is 6.64. The van der Waals surface area contributed by atoms with Gasteiger partial charge in [-0.05, 0) is 31.4 Å². The van der Waals surface area contributed by atoms with Gasteiger partial charge in [0.2, 0.25) is 5.91 Å². The summed E-state index contributed by atoms with van der Waals surface area (Å²) in [5, 5.41) is 3.26. The number of hydrogen-bond donors (Lipinski definition) is 1. The molecule has 1 amide bonds. The fourth-order valence-corrected chi connectivity index (χ4v) is 1.71. The average molecular weight is 248 g/mol. The van der Waals surface area contributed by atoms with E-state index in [0.29, 0.717) is 6.54 Å². The Kier molecular flexibility index (Phi) is 5.86. The number of aryl methyl sites for hydroxylation is 1. The van der Waals surface area contributed by atoms with Crippen molar-refractivity contribution in [2.45, 2.75) is 33.2 Å². The summed E-state index contributed by atoms with van der Waals surface area (Å²) >= 11 is 0. The van der Waals surface area contributed by atoms with E-state index in [1.165, 1.54) is 11.1 Å². The summed E-state index contributed by atoms with van der Waals surface area (Å²) in [5.41, 5.74) is 2.56. The van der Waals surface area contributed by atoms with Crippen LogP contribution in [0.1, 0.15) is 37.9 Å². The van der Waals surface area contributed by atoms with Gasteiger partial charge < -0.3 is 10.2 Å². The Hall–Kier alpha value is -1.35. The van der Waals surface area contributed by atoms with Gasteiger partial charge in [-0.1, -0.05) is 31.2 Å². The molecule has 1 unspecified atom stereocenters. The second kappa shape index (κ2) is 7.17. The van der Waals surface area contributed by atoms with Crippen LogP contribution in [0.2, 0.25) is 0 Å². The Morgan fingerprint density at radius 1 is 1.28 bits per heavy atom. The average Bonchev–Trinajstić information content (AvgIpc) is 2.43. The monoisotopic (exact) mass is 248 g/mol. The van der Waals surface area contributed by atoms with Crippen LogP contribution in [0.25, 0.3) is 0 Å². The van der Waals surface area contributed by atoms with Crippen LogP contribution in [-0.4, -0.2) is 30.9 Å². The van der Waals surface area contributed by atoms with E-state index in [4.69, 9.17) is 0 Å². The molecule has 0 saturated heterocycles. The molecule has 3 heteroatoms. The molecule has 0 radical (unpaired) electrons. The number of carbonyl (C=O) groups is 1. The van der Waals surface area contributed by atoms with E-state index in [1.807, 2.05) is 14.0 Å². The quantitative estimate of drug-likeness (QED) is 0.838. The topological polar surface area (TPSA) is 32.3 Å². The van der Waals surface area contributed by atoms with Crippen LogP contribution in [-0.2, 0) is 11.2 Å². The van der Waals surface area contributed by atoms with Gasteiger partial charge in [-0.25, -0.2) is 0 Å². The Bertz CT molecular complexity index is 373. The molecule has 1 rings (SSSR count). The van der Waals surface area contributed by atoms with Gasteiger partial charge in [0.25, 0.3) is 0 Å². The molecule has 1 aromatic rings. The normalized spacial score (nSPS) is 12.2. The molecule has 0 fully saturated rings. The van der Waals surface area contributed by atoms with Gasteiger partial charge in [0.1, 0.15) is 0 Å². The Balaban J connectivity index is 2.49. The molecule has 18 heavy (non-hydrogen) atoms. The van der Waals surface area contributed by atoms with Crippen LogP contribution in [0.15, 0.2) is 24.3 Å². The fraction of sp³-hybridized carbons (Fsp3) is 0.533. The zero-order chi connectivity index (χ0) is 13.5. The highest BCUT2D eigenvalue weighted by molar-refractivity contribution is 5.77. The molecule has 1 atom stereocenters. The fourth-order valence-electron chi connectivity index (χ4n) is 1.71. The van der Waals surface area contributed by atoms with Crippen LogP contribution >= 0.6 is 0 Å². The lowest BCUT2D eigenvalue weighted by Gasteiger charge is -2.18. The largest absolute Gasteiger partial charge is 0.345 e. The zero-order valence-corrected chi connectivity index (χ0v) is 11.9. The molecule has 0 aliphatic heterocycles. The highest BCUT2D eigenvalue weighted by atomic mass is 16.2. The van der Waals surface area contributed by atoms with E-state index < -0.39 is 0 Å². The maximum atomic E-state index is 11.7. The third-order valence-corrected chi connectivity index (χ3v) is 3.35. The van der Waals surface area contributed by atoms with Crippen LogP contribution in [0.4, 0.5) is 0 Å². The second-order valence-corrected chi connectivity index (χ2v) is 4.61. The molecule has 100 valence electrons. The number of amides is 1. The van der Waals surface area contributed by atoms with Crippen LogP contribution in [0.3, 0.4) is 0 Å². The number of benzene rings is 1. The van der Waals surface area contributed by atoms with Crippen LogP contribution in [0.5, 0.6) is 0 Å². The number of rotatable bonds is 6. The lowest BCUT2D eigenvalue weighted by Crippen LogP contribution is -2.36. The zero-order valence-electron chi connectivity index (χ0n) is 11.9. The number of nitrogens with zero attached hydrogens (tertiary/aromatic N) is 1. The Morgan fingerprint density at radius 3 is 2.39 bits per heavy atom. The van der Waals surface area contributed by atoms with Crippen molar-refractivity contribution in [3.05, 3.63) is 35.4 Å². The van der Waals surface area contributed by atoms with Crippen molar-refractivity contribution >= 4 is 5.91 Å². The van der Waals surface area contributed by atoms with E-state index in [1.54, 1.807) is 4.90 Å². The first kappa shape index (κ1) is 14.7. The van der Waals surface area contributed by atoms with E-state index in [-0.39, 0.29) is 11.9 Å². The predicted molar refractivity (Wildman–Crippen MR) is 75.5 cm³/mol. The molecular formula is C15H24N2O. The van der Waals surface area contributed by atoms with Crippen molar-refractivity contribution < 1.29 is 4.79 Å². The van der Waals surface area contributed by atoms with E-state index in [9.17, 15) is 4.79 Å². The van der Waals surface area contributed by atoms with Gasteiger partial charge in [0, 0.05) is 19.6 Å². The predicted octanol–water partition coefficient (Wildman–Crippen LogP) is 2.38. The second-order valence-electron chi connectivity index (χ2n) is 4.61. The molecule has 0 bridgehead atoms. The van der Waals surface area contributed by atoms with Gasteiger partial charge in [-0.2, -0.15) is 0 Å². The highest BCUT2D eigenvalue weighted by Gasteiger charge is 2.09. The van der Waals surface area contributed by atoms with Gasteiger partial charge in [-0.3, -0.25) is 4.79 Å². The van der Waals surface area contributed by atoms with Crippen LogP contribution < -0.4 is 5.32 Å². The van der Waals surface area contributed by atoms with Crippen molar-refractivity contribution in [3.63, 3.8) is 0 Å². The molecule has 0 heterocycles. The summed E-state index contributed by atoms with van der Waals surface area (Å²) in [4.78, 5) is 13.4. The molecule has 0 aliphatic rings. The summed E-state index contributed by atoms with van der Waals surface area (Å²) < 4.78 is 0. The standard InChI is InChI=1S/C15H24N2O/c1-5-13-7-9-14(10-8-13)12(3)16-11-15(18)17(4)6-2/h7-10,12,16H,5-6,11H2,1-4H3. The smallest absolute Gasteiger partial charge is 0.236 e. The lowest BCUT2D eigenvalue weighted by molar-refractivity contribution is -0.128. The van der Waals surface area contributed by atoms with Crippen LogP contribution in [0, 0.1) is 0 Å². The molecule has 3 nitrogen and oxygen atoms in total. The minimum absolute atomic E-state index is 0.134. The molecule has 0 spiro atoms. The minimum atomic E-state index is 0.134.